The molecule has 100 valence electrons. The number of rotatable bonds is 2. The average molecular weight is 261 g/mol. The normalized spacial score (nSPS) is 15.7. The van der Waals surface area contributed by atoms with Crippen molar-refractivity contribution in [3.63, 3.8) is 0 Å². The van der Waals surface area contributed by atoms with Crippen LogP contribution in [0.25, 0.3) is 11.0 Å². The first-order valence-electron chi connectivity index (χ1n) is 6.22. The van der Waals surface area contributed by atoms with E-state index in [1.165, 1.54) is 6.07 Å². The van der Waals surface area contributed by atoms with Crippen molar-refractivity contribution in [1.82, 2.24) is 0 Å². The Labute approximate surface area is 110 Å². The van der Waals surface area contributed by atoms with Gasteiger partial charge < -0.3 is 18.8 Å². The Bertz CT molecular complexity index is 643. The van der Waals surface area contributed by atoms with E-state index in [2.05, 4.69) is 0 Å². The molecule has 1 aromatic heterocycles. The highest BCUT2D eigenvalue weighted by atomic mass is 16.5. The fraction of sp³-hybridized carbons (Fsp3) is 0.357. The summed E-state index contributed by atoms with van der Waals surface area (Å²) in [6.45, 7) is 2.80. The summed E-state index contributed by atoms with van der Waals surface area (Å²) < 4.78 is 16.2. The van der Waals surface area contributed by atoms with E-state index < -0.39 is 0 Å². The van der Waals surface area contributed by atoms with E-state index in [0.29, 0.717) is 35.8 Å². The maximum absolute atomic E-state index is 12.1. The van der Waals surface area contributed by atoms with Crippen LogP contribution in [0, 0.1) is 0 Å². The first kappa shape index (κ1) is 12.0. The molecule has 0 aliphatic carbocycles. The van der Waals surface area contributed by atoms with Gasteiger partial charge >= 0.3 is 0 Å². The van der Waals surface area contributed by atoms with Gasteiger partial charge in [-0.15, -0.1) is 0 Å². The molecule has 1 aliphatic heterocycles. The van der Waals surface area contributed by atoms with Gasteiger partial charge in [0.15, 0.2) is 11.3 Å². The highest BCUT2D eigenvalue weighted by molar-refractivity contribution is 5.79. The smallest absolute Gasteiger partial charge is 0.200 e. The molecule has 0 amide bonds. The van der Waals surface area contributed by atoms with Crippen molar-refractivity contribution in [2.24, 2.45) is 0 Å². The van der Waals surface area contributed by atoms with Crippen molar-refractivity contribution in [2.75, 3.05) is 38.3 Å². The third-order valence-electron chi connectivity index (χ3n) is 3.24. The van der Waals surface area contributed by atoms with Crippen LogP contribution in [0.1, 0.15) is 0 Å². The fourth-order valence-corrected chi connectivity index (χ4v) is 2.19. The minimum atomic E-state index is -0.0540. The molecule has 3 rings (SSSR count). The Morgan fingerprint density at radius 3 is 2.74 bits per heavy atom. The molecule has 1 aromatic carbocycles. The maximum atomic E-state index is 12.1. The quantitative estimate of drug-likeness (QED) is 0.822. The van der Waals surface area contributed by atoms with Crippen LogP contribution < -0.4 is 15.1 Å². The van der Waals surface area contributed by atoms with Crippen LogP contribution in [0.5, 0.6) is 5.75 Å². The average Bonchev–Trinajstić information content (AvgIpc) is 2.48. The van der Waals surface area contributed by atoms with Crippen LogP contribution >= 0.6 is 0 Å². The van der Waals surface area contributed by atoms with E-state index in [-0.39, 0.29) is 5.43 Å². The largest absolute Gasteiger partial charge is 0.497 e. The molecule has 0 spiro atoms. The lowest BCUT2D eigenvalue weighted by molar-refractivity contribution is 0.121. The van der Waals surface area contributed by atoms with E-state index in [4.69, 9.17) is 13.9 Å². The highest BCUT2D eigenvalue weighted by Gasteiger charge is 2.15. The summed E-state index contributed by atoms with van der Waals surface area (Å²) in [6, 6.07) is 6.78. The summed E-state index contributed by atoms with van der Waals surface area (Å²) in [5.74, 6) is 1.25. The minimum Gasteiger partial charge on any atom is -0.497 e. The molecular weight excluding hydrogens is 246 g/mol. The Kier molecular flexibility index (Phi) is 3.13. The van der Waals surface area contributed by atoms with E-state index in [1.54, 1.807) is 25.3 Å². The van der Waals surface area contributed by atoms with Gasteiger partial charge in [-0.2, -0.15) is 0 Å². The molecule has 0 unspecified atom stereocenters. The van der Waals surface area contributed by atoms with E-state index >= 15 is 0 Å². The zero-order valence-corrected chi connectivity index (χ0v) is 10.7. The lowest BCUT2D eigenvalue weighted by Crippen LogP contribution is -2.36. The molecule has 2 aromatic rings. The molecule has 0 N–H and O–H groups in total. The first-order valence-corrected chi connectivity index (χ1v) is 6.22. The van der Waals surface area contributed by atoms with Crippen LogP contribution in [0.4, 0.5) is 5.88 Å². The number of hydrogen-bond donors (Lipinski definition) is 0. The van der Waals surface area contributed by atoms with Crippen molar-refractivity contribution in [3.8, 4) is 5.75 Å². The number of nitrogens with zero attached hydrogens (tertiary/aromatic N) is 1. The molecule has 5 heteroatoms. The summed E-state index contributed by atoms with van der Waals surface area (Å²) >= 11 is 0. The molecule has 2 heterocycles. The molecule has 19 heavy (non-hydrogen) atoms. The number of morpholine rings is 1. The number of fused-ring (bicyclic) bond motifs is 1. The topological polar surface area (TPSA) is 51.9 Å². The van der Waals surface area contributed by atoms with Crippen molar-refractivity contribution in [3.05, 3.63) is 34.5 Å². The van der Waals surface area contributed by atoms with Crippen LogP contribution in [-0.4, -0.2) is 33.4 Å². The second-order valence-corrected chi connectivity index (χ2v) is 4.41. The predicted octanol–water partition coefficient (Wildman–Crippen LogP) is 1.64. The number of ether oxygens (including phenoxy) is 2. The number of anilines is 1. The minimum absolute atomic E-state index is 0.0540. The Hall–Kier alpha value is -2.01. The maximum Gasteiger partial charge on any atom is 0.200 e. The number of methoxy groups -OCH3 is 1. The molecule has 1 fully saturated rings. The summed E-state index contributed by atoms with van der Waals surface area (Å²) in [4.78, 5) is 14.2. The zero-order chi connectivity index (χ0) is 13.2. The van der Waals surface area contributed by atoms with Crippen LogP contribution in [0.3, 0.4) is 0 Å². The molecule has 1 aliphatic rings. The summed E-state index contributed by atoms with van der Waals surface area (Å²) in [7, 11) is 1.57. The van der Waals surface area contributed by atoms with Gasteiger partial charge in [0.25, 0.3) is 0 Å². The molecular formula is C14H15NO4. The summed E-state index contributed by atoms with van der Waals surface area (Å²) in [6.07, 6.45) is 0. The number of hydrogen-bond acceptors (Lipinski definition) is 5. The molecule has 0 atom stereocenters. The molecule has 0 radical (unpaired) electrons. The van der Waals surface area contributed by atoms with Gasteiger partial charge in [-0.25, -0.2) is 0 Å². The summed E-state index contributed by atoms with van der Waals surface area (Å²) in [5, 5.41) is 0.538. The lowest BCUT2D eigenvalue weighted by Gasteiger charge is -2.27. The van der Waals surface area contributed by atoms with Gasteiger partial charge in [-0.3, -0.25) is 4.79 Å². The number of benzene rings is 1. The SMILES string of the molecule is COc1ccc2oc(N3CCOCC3)cc(=O)c2c1. The van der Waals surface area contributed by atoms with Crippen LogP contribution in [-0.2, 0) is 4.74 Å². The second kappa shape index (κ2) is 4.93. The van der Waals surface area contributed by atoms with Gasteiger partial charge in [0.2, 0.25) is 0 Å². The van der Waals surface area contributed by atoms with E-state index in [0.717, 1.165) is 13.1 Å². The van der Waals surface area contributed by atoms with Gasteiger partial charge in [-0.1, -0.05) is 0 Å². The third kappa shape index (κ3) is 2.29. The molecule has 0 bridgehead atoms. The van der Waals surface area contributed by atoms with Crippen molar-refractivity contribution >= 4 is 16.9 Å². The van der Waals surface area contributed by atoms with Crippen molar-refractivity contribution < 1.29 is 13.9 Å². The Balaban J connectivity index is 2.06. The summed E-state index contributed by atoms with van der Waals surface area (Å²) in [5.41, 5.74) is 0.524. The molecule has 1 saturated heterocycles. The van der Waals surface area contributed by atoms with Gasteiger partial charge in [0, 0.05) is 19.2 Å². The van der Waals surface area contributed by atoms with Crippen molar-refractivity contribution in [2.45, 2.75) is 0 Å². The monoisotopic (exact) mass is 261 g/mol. The third-order valence-corrected chi connectivity index (χ3v) is 3.24. The fourth-order valence-electron chi connectivity index (χ4n) is 2.19. The Morgan fingerprint density at radius 2 is 2.00 bits per heavy atom. The van der Waals surface area contributed by atoms with Crippen LogP contribution in [0.15, 0.2) is 33.5 Å². The molecule has 5 nitrogen and oxygen atoms in total. The first-order chi connectivity index (χ1) is 9.28. The van der Waals surface area contributed by atoms with Gasteiger partial charge in [0.05, 0.1) is 25.7 Å². The van der Waals surface area contributed by atoms with Gasteiger partial charge in [0.1, 0.15) is 11.3 Å². The second-order valence-electron chi connectivity index (χ2n) is 4.41. The highest BCUT2D eigenvalue weighted by Crippen LogP contribution is 2.23. The van der Waals surface area contributed by atoms with E-state index in [9.17, 15) is 4.79 Å². The lowest BCUT2D eigenvalue weighted by atomic mass is 10.2. The van der Waals surface area contributed by atoms with E-state index in [1.807, 2.05) is 4.90 Å². The Morgan fingerprint density at radius 1 is 1.21 bits per heavy atom. The molecule has 0 saturated carbocycles. The van der Waals surface area contributed by atoms with Gasteiger partial charge in [-0.05, 0) is 18.2 Å². The predicted molar refractivity (Wildman–Crippen MR) is 72.1 cm³/mol. The van der Waals surface area contributed by atoms with Crippen molar-refractivity contribution in [1.29, 1.82) is 0 Å². The standard InChI is InChI=1S/C14H15NO4/c1-17-10-2-3-13-11(8-10)12(16)9-14(19-13)15-4-6-18-7-5-15/h2-3,8-9H,4-7H2,1H3. The van der Waals surface area contributed by atoms with Crippen LogP contribution in [0.2, 0.25) is 0 Å². The zero-order valence-electron chi connectivity index (χ0n) is 10.7.